The van der Waals surface area contributed by atoms with Crippen LogP contribution in [0.3, 0.4) is 0 Å². The Kier molecular flexibility index (Phi) is 4.75. The quantitative estimate of drug-likeness (QED) is 0.766. The van der Waals surface area contributed by atoms with E-state index in [1.807, 2.05) is 6.20 Å². The molecule has 19 heavy (non-hydrogen) atoms. The minimum Gasteiger partial charge on any atom is -0.344 e. The van der Waals surface area contributed by atoms with Gasteiger partial charge in [0.2, 0.25) is 5.95 Å². The van der Waals surface area contributed by atoms with Crippen molar-refractivity contribution in [3.63, 3.8) is 0 Å². The van der Waals surface area contributed by atoms with Gasteiger partial charge in [0, 0.05) is 37.6 Å². The zero-order valence-electron chi connectivity index (χ0n) is 12.6. The molecule has 4 nitrogen and oxygen atoms in total. The number of aromatic nitrogens is 2. The third-order valence-electron chi connectivity index (χ3n) is 3.94. The summed E-state index contributed by atoms with van der Waals surface area (Å²) in [7, 11) is 2.09. The first kappa shape index (κ1) is 14.3. The summed E-state index contributed by atoms with van der Waals surface area (Å²) in [6.07, 6.45) is 4.47. The molecule has 2 rings (SSSR count). The SMILES string of the molecule is CCCNCc1cnc(N(C)CC2CC2C)nc1C. The first-order valence-corrected chi connectivity index (χ1v) is 7.36. The van der Waals surface area contributed by atoms with E-state index in [0.29, 0.717) is 0 Å². The smallest absolute Gasteiger partial charge is 0.225 e. The average Bonchev–Trinajstić information content (AvgIpc) is 3.07. The maximum atomic E-state index is 4.63. The standard InChI is InChI=1S/C15H26N4/c1-5-6-16-8-14-9-17-15(18-12(14)3)19(4)10-13-7-11(13)2/h9,11,13,16H,5-8,10H2,1-4H3. The molecule has 1 fully saturated rings. The van der Waals surface area contributed by atoms with Crippen LogP contribution in [0.4, 0.5) is 5.95 Å². The van der Waals surface area contributed by atoms with Crippen LogP contribution >= 0.6 is 0 Å². The normalized spacial score (nSPS) is 21.5. The van der Waals surface area contributed by atoms with Gasteiger partial charge in [-0.1, -0.05) is 13.8 Å². The summed E-state index contributed by atoms with van der Waals surface area (Å²) < 4.78 is 0. The van der Waals surface area contributed by atoms with Gasteiger partial charge in [0.25, 0.3) is 0 Å². The number of nitrogens with zero attached hydrogens (tertiary/aromatic N) is 3. The fourth-order valence-electron chi connectivity index (χ4n) is 2.32. The van der Waals surface area contributed by atoms with Crippen LogP contribution in [0.1, 0.15) is 37.9 Å². The molecule has 0 aromatic carbocycles. The Balaban J connectivity index is 1.93. The molecular weight excluding hydrogens is 236 g/mol. The minimum atomic E-state index is 0.833. The van der Waals surface area contributed by atoms with Crippen LogP contribution in [0.15, 0.2) is 6.20 Å². The molecular formula is C15H26N4. The van der Waals surface area contributed by atoms with Crippen LogP contribution in [0.2, 0.25) is 0 Å². The summed E-state index contributed by atoms with van der Waals surface area (Å²) in [6, 6.07) is 0. The largest absolute Gasteiger partial charge is 0.344 e. The van der Waals surface area contributed by atoms with E-state index >= 15 is 0 Å². The van der Waals surface area contributed by atoms with Crippen molar-refractivity contribution in [3.8, 4) is 0 Å². The van der Waals surface area contributed by atoms with Gasteiger partial charge in [-0.2, -0.15) is 0 Å². The Morgan fingerprint density at radius 1 is 1.47 bits per heavy atom. The monoisotopic (exact) mass is 262 g/mol. The second kappa shape index (κ2) is 6.33. The minimum absolute atomic E-state index is 0.833. The van der Waals surface area contributed by atoms with Gasteiger partial charge in [0.15, 0.2) is 0 Å². The lowest BCUT2D eigenvalue weighted by Crippen LogP contribution is -2.24. The first-order chi connectivity index (χ1) is 9.11. The van der Waals surface area contributed by atoms with Crippen LogP contribution in [0.25, 0.3) is 0 Å². The lowest BCUT2D eigenvalue weighted by Gasteiger charge is -2.18. The van der Waals surface area contributed by atoms with Gasteiger partial charge >= 0.3 is 0 Å². The Bertz CT molecular complexity index is 419. The predicted octanol–water partition coefficient (Wildman–Crippen LogP) is 2.38. The van der Waals surface area contributed by atoms with Crippen molar-refractivity contribution in [2.75, 3.05) is 25.0 Å². The molecule has 1 heterocycles. The number of nitrogens with one attached hydrogen (secondary N) is 1. The Morgan fingerprint density at radius 2 is 2.21 bits per heavy atom. The number of hydrogen-bond acceptors (Lipinski definition) is 4. The number of hydrogen-bond donors (Lipinski definition) is 1. The van der Waals surface area contributed by atoms with Gasteiger partial charge in [-0.05, 0) is 38.1 Å². The lowest BCUT2D eigenvalue weighted by molar-refractivity contribution is 0.665. The van der Waals surface area contributed by atoms with E-state index in [9.17, 15) is 0 Å². The summed E-state index contributed by atoms with van der Waals surface area (Å²) in [5.74, 6) is 2.57. The Hall–Kier alpha value is -1.16. The van der Waals surface area contributed by atoms with Crippen LogP contribution in [0, 0.1) is 18.8 Å². The molecule has 0 amide bonds. The van der Waals surface area contributed by atoms with E-state index in [4.69, 9.17) is 0 Å². The van der Waals surface area contributed by atoms with E-state index < -0.39 is 0 Å². The van der Waals surface area contributed by atoms with Crippen molar-refractivity contribution in [2.24, 2.45) is 11.8 Å². The van der Waals surface area contributed by atoms with Crippen molar-refractivity contribution in [3.05, 3.63) is 17.5 Å². The van der Waals surface area contributed by atoms with Crippen LogP contribution in [-0.4, -0.2) is 30.1 Å². The highest BCUT2D eigenvalue weighted by Gasteiger charge is 2.33. The Labute approximate surface area is 116 Å². The van der Waals surface area contributed by atoms with Crippen molar-refractivity contribution in [1.29, 1.82) is 0 Å². The van der Waals surface area contributed by atoms with E-state index in [2.05, 4.69) is 48.0 Å². The van der Waals surface area contributed by atoms with Crippen molar-refractivity contribution >= 4 is 5.95 Å². The van der Waals surface area contributed by atoms with E-state index in [1.165, 1.54) is 12.0 Å². The topological polar surface area (TPSA) is 41.1 Å². The highest BCUT2D eigenvalue weighted by atomic mass is 15.2. The molecule has 106 valence electrons. The predicted molar refractivity (Wildman–Crippen MR) is 79.3 cm³/mol. The highest BCUT2D eigenvalue weighted by Crippen LogP contribution is 2.38. The molecule has 1 aromatic heterocycles. The molecule has 2 atom stereocenters. The fourth-order valence-corrected chi connectivity index (χ4v) is 2.32. The molecule has 4 heteroatoms. The zero-order valence-corrected chi connectivity index (χ0v) is 12.6. The summed E-state index contributed by atoms with van der Waals surface area (Å²) in [4.78, 5) is 11.3. The van der Waals surface area contributed by atoms with Gasteiger partial charge < -0.3 is 10.2 Å². The lowest BCUT2D eigenvalue weighted by atomic mass is 10.2. The summed E-state index contributed by atoms with van der Waals surface area (Å²) >= 11 is 0. The van der Waals surface area contributed by atoms with Crippen molar-refractivity contribution in [1.82, 2.24) is 15.3 Å². The molecule has 0 aliphatic heterocycles. The van der Waals surface area contributed by atoms with Gasteiger partial charge in [0.05, 0.1) is 0 Å². The third kappa shape index (κ3) is 3.90. The molecule has 0 radical (unpaired) electrons. The summed E-state index contributed by atoms with van der Waals surface area (Å²) in [5, 5.41) is 3.40. The maximum Gasteiger partial charge on any atom is 0.225 e. The molecule has 1 aliphatic rings. The van der Waals surface area contributed by atoms with Crippen LogP contribution in [-0.2, 0) is 6.54 Å². The molecule has 2 unspecified atom stereocenters. The van der Waals surface area contributed by atoms with Crippen LogP contribution in [0.5, 0.6) is 0 Å². The van der Waals surface area contributed by atoms with E-state index in [0.717, 1.165) is 49.5 Å². The summed E-state index contributed by atoms with van der Waals surface area (Å²) in [5.41, 5.74) is 2.29. The Morgan fingerprint density at radius 3 is 2.79 bits per heavy atom. The van der Waals surface area contributed by atoms with Gasteiger partial charge in [0.1, 0.15) is 0 Å². The van der Waals surface area contributed by atoms with Gasteiger partial charge in [-0.15, -0.1) is 0 Å². The molecule has 0 spiro atoms. The highest BCUT2D eigenvalue weighted by molar-refractivity contribution is 5.32. The summed E-state index contributed by atoms with van der Waals surface area (Å²) in [6.45, 7) is 9.54. The third-order valence-corrected chi connectivity index (χ3v) is 3.94. The second-order valence-corrected chi connectivity index (χ2v) is 5.81. The molecule has 0 bridgehead atoms. The molecule has 0 saturated heterocycles. The van der Waals surface area contributed by atoms with E-state index in [-0.39, 0.29) is 0 Å². The van der Waals surface area contributed by atoms with E-state index in [1.54, 1.807) is 0 Å². The average molecular weight is 262 g/mol. The second-order valence-electron chi connectivity index (χ2n) is 5.81. The first-order valence-electron chi connectivity index (χ1n) is 7.36. The van der Waals surface area contributed by atoms with Crippen molar-refractivity contribution < 1.29 is 0 Å². The zero-order chi connectivity index (χ0) is 13.8. The number of aryl methyl sites for hydroxylation is 1. The molecule has 1 N–H and O–H groups in total. The van der Waals surface area contributed by atoms with Gasteiger partial charge in [-0.3, -0.25) is 0 Å². The van der Waals surface area contributed by atoms with Crippen molar-refractivity contribution in [2.45, 2.75) is 40.2 Å². The number of rotatable bonds is 7. The number of anilines is 1. The fraction of sp³-hybridized carbons (Fsp3) is 0.733. The molecule has 1 aliphatic carbocycles. The maximum absolute atomic E-state index is 4.63. The molecule has 1 aromatic rings. The molecule has 1 saturated carbocycles. The van der Waals surface area contributed by atoms with Gasteiger partial charge in [-0.25, -0.2) is 9.97 Å². The van der Waals surface area contributed by atoms with Crippen LogP contribution < -0.4 is 10.2 Å².